The van der Waals surface area contributed by atoms with Crippen molar-refractivity contribution in [2.24, 2.45) is 11.8 Å². The second-order valence-electron chi connectivity index (χ2n) is 7.24. The number of hydrogen-bond acceptors (Lipinski definition) is 3. The Labute approximate surface area is 142 Å². The van der Waals surface area contributed by atoms with Crippen molar-refractivity contribution in [3.8, 4) is 0 Å². The first kappa shape index (κ1) is 18.0. The van der Waals surface area contributed by atoms with Crippen LogP contribution in [0.1, 0.15) is 38.5 Å². The van der Waals surface area contributed by atoms with Gasteiger partial charge >= 0.3 is 12.1 Å². The molecule has 3 aliphatic rings. The highest BCUT2D eigenvalue weighted by Crippen LogP contribution is 2.41. The molecule has 2 amide bonds. The summed E-state index contributed by atoms with van der Waals surface area (Å²) in [6, 6.07) is -1.11. The molecule has 6 nitrogen and oxygen atoms in total. The second-order valence-corrected chi connectivity index (χ2v) is 7.24. The van der Waals surface area contributed by atoms with Crippen molar-refractivity contribution in [2.75, 3.05) is 13.1 Å². The zero-order valence-corrected chi connectivity index (χ0v) is 13.7. The normalized spacial score (nSPS) is 32.8. The van der Waals surface area contributed by atoms with E-state index in [1.54, 1.807) is 0 Å². The van der Waals surface area contributed by atoms with Crippen LogP contribution >= 0.6 is 0 Å². The van der Waals surface area contributed by atoms with E-state index in [0.717, 1.165) is 19.3 Å². The summed E-state index contributed by atoms with van der Waals surface area (Å²) in [4.78, 5) is 38.3. The van der Waals surface area contributed by atoms with Gasteiger partial charge in [-0.05, 0) is 25.2 Å². The molecule has 0 bridgehead atoms. The molecule has 0 aromatic carbocycles. The van der Waals surface area contributed by atoms with Crippen LogP contribution in [0.2, 0.25) is 0 Å². The minimum atomic E-state index is -4.51. The van der Waals surface area contributed by atoms with Crippen molar-refractivity contribution in [1.82, 2.24) is 9.80 Å². The quantitative estimate of drug-likeness (QED) is 0.828. The number of hydrogen-bond donors (Lipinski definition) is 1. The first-order valence-corrected chi connectivity index (χ1v) is 8.57. The van der Waals surface area contributed by atoms with Crippen molar-refractivity contribution in [2.45, 2.75) is 56.8 Å². The Bertz CT molecular complexity index is 580. The van der Waals surface area contributed by atoms with Crippen LogP contribution in [0.15, 0.2) is 0 Å². The summed E-state index contributed by atoms with van der Waals surface area (Å²) in [7, 11) is 0. The minimum absolute atomic E-state index is 0.127. The molecule has 2 heterocycles. The number of amides is 2. The molecule has 4 atom stereocenters. The fourth-order valence-corrected chi connectivity index (χ4v) is 4.52. The number of carbonyl (C=O) groups is 3. The monoisotopic (exact) mass is 362 g/mol. The fraction of sp³-hybridized carbons (Fsp3) is 0.812. The molecule has 2 aliphatic heterocycles. The van der Waals surface area contributed by atoms with Gasteiger partial charge in [-0.1, -0.05) is 12.8 Å². The predicted molar refractivity (Wildman–Crippen MR) is 79.4 cm³/mol. The number of carbonyl (C=O) groups excluding carboxylic acids is 2. The lowest BCUT2D eigenvalue weighted by Crippen LogP contribution is -2.49. The molecular weight excluding hydrogens is 341 g/mol. The Morgan fingerprint density at radius 3 is 2.52 bits per heavy atom. The highest BCUT2D eigenvalue weighted by atomic mass is 19.4. The Balaban J connectivity index is 1.74. The molecule has 0 aromatic heterocycles. The van der Waals surface area contributed by atoms with Gasteiger partial charge in [0.25, 0.3) is 0 Å². The van der Waals surface area contributed by atoms with Gasteiger partial charge in [-0.2, -0.15) is 13.2 Å². The smallest absolute Gasteiger partial charge is 0.406 e. The Morgan fingerprint density at radius 2 is 1.88 bits per heavy atom. The average Bonchev–Trinajstić information content (AvgIpc) is 3.06. The molecule has 3 fully saturated rings. The maximum atomic E-state index is 12.9. The fourth-order valence-electron chi connectivity index (χ4n) is 4.52. The number of carboxylic acid groups (broad SMARTS) is 1. The number of aliphatic carboxylic acids is 1. The summed E-state index contributed by atoms with van der Waals surface area (Å²) in [6.07, 6.45) is -0.930. The lowest BCUT2D eigenvalue weighted by Gasteiger charge is -2.34. The van der Waals surface area contributed by atoms with Crippen molar-refractivity contribution in [3.63, 3.8) is 0 Å². The lowest BCUT2D eigenvalue weighted by molar-refractivity contribution is -0.157. The number of alkyl halides is 3. The van der Waals surface area contributed by atoms with Crippen molar-refractivity contribution < 1.29 is 32.7 Å². The van der Waals surface area contributed by atoms with Crippen molar-refractivity contribution in [1.29, 1.82) is 0 Å². The Hall–Kier alpha value is -1.80. The van der Waals surface area contributed by atoms with Crippen LogP contribution in [-0.4, -0.2) is 64.0 Å². The number of rotatable bonds is 3. The van der Waals surface area contributed by atoms with Gasteiger partial charge in [0.05, 0.1) is 5.92 Å². The second kappa shape index (κ2) is 6.49. The molecule has 1 saturated carbocycles. The third kappa shape index (κ3) is 3.59. The van der Waals surface area contributed by atoms with Crippen LogP contribution < -0.4 is 0 Å². The Kier molecular flexibility index (Phi) is 4.68. The van der Waals surface area contributed by atoms with Crippen LogP contribution in [0.3, 0.4) is 0 Å². The molecule has 3 rings (SSSR count). The van der Waals surface area contributed by atoms with Gasteiger partial charge in [-0.25, -0.2) is 4.79 Å². The first-order chi connectivity index (χ1) is 11.7. The van der Waals surface area contributed by atoms with E-state index in [1.807, 2.05) is 0 Å². The van der Waals surface area contributed by atoms with Gasteiger partial charge in [0.15, 0.2) is 0 Å². The summed E-state index contributed by atoms with van der Waals surface area (Å²) in [6.45, 7) is -1.67. The lowest BCUT2D eigenvalue weighted by atomic mass is 9.84. The largest absolute Gasteiger partial charge is 0.480 e. The standard InChI is InChI=1S/C16H21F3N2O4/c17-16(18,19)8-20-7-10(6-13(20)22)14(23)21-11-4-2-1-3-9(11)5-12(21)15(24)25/h9-12H,1-8H2,(H,24,25)/t9-,10+,11+,12-/m0/s1. The van der Waals surface area contributed by atoms with E-state index >= 15 is 0 Å². The van der Waals surface area contributed by atoms with Crippen LogP contribution in [-0.2, 0) is 14.4 Å². The third-order valence-corrected chi connectivity index (χ3v) is 5.56. The number of fused-ring (bicyclic) bond motifs is 1. The topological polar surface area (TPSA) is 77.9 Å². The van der Waals surface area contributed by atoms with Crippen molar-refractivity contribution >= 4 is 17.8 Å². The minimum Gasteiger partial charge on any atom is -0.480 e. The van der Waals surface area contributed by atoms with Gasteiger partial charge in [0.2, 0.25) is 11.8 Å². The summed E-state index contributed by atoms with van der Waals surface area (Å²) < 4.78 is 37.6. The summed E-state index contributed by atoms with van der Waals surface area (Å²) in [5.41, 5.74) is 0. The SMILES string of the molecule is O=C(O)[C@@H]1C[C@@H]2CCCC[C@H]2N1C(=O)[C@@H]1CC(=O)N(CC(F)(F)F)C1. The number of nitrogens with zero attached hydrogens (tertiary/aromatic N) is 2. The molecular formula is C16H21F3N2O4. The predicted octanol–water partition coefficient (Wildman–Crippen LogP) is 1.64. The third-order valence-electron chi connectivity index (χ3n) is 5.56. The number of likely N-dealkylation sites (tertiary alicyclic amines) is 2. The summed E-state index contributed by atoms with van der Waals surface area (Å²) in [5, 5.41) is 9.46. The molecule has 9 heteroatoms. The molecule has 1 N–H and O–H groups in total. The van der Waals surface area contributed by atoms with E-state index in [4.69, 9.17) is 0 Å². The van der Waals surface area contributed by atoms with E-state index in [9.17, 15) is 32.7 Å². The van der Waals surface area contributed by atoms with Gasteiger partial charge in [0.1, 0.15) is 12.6 Å². The highest BCUT2D eigenvalue weighted by molar-refractivity contribution is 5.92. The van der Waals surface area contributed by atoms with Crippen LogP contribution in [0, 0.1) is 11.8 Å². The maximum absolute atomic E-state index is 12.9. The molecule has 0 spiro atoms. The van der Waals surface area contributed by atoms with Crippen LogP contribution in [0.25, 0.3) is 0 Å². The molecule has 0 aromatic rings. The van der Waals surface area contributed by atoms with Crippen LogP contribution in [0.5, 0.6) is 0 Å². The van der Waals surface area contributed by atoms with Crippen LogP contribution in [0.4, 0.5) is 13.2 Å². The van der Waals surface area contributed by atoms with Gasteiger partial charge in [-0.15, -0.1) is 0 Å². The zero-order chi connectivity index (χ0) is 18.4. The molecule has 2 saturated heterocycles. The zero-order valence-electron chi connectivity index (χ0n) is 13.7. The summed E-state index contributed by atoms with van der Waals surface area (Å²) in [5.74, 6) is -3.04. The molecule has 0 radical (unpaired) electrons. The molecule has 25 heavy (non-hydrogen) atoms. The van der Waals surface area contributed by atoms with Crippen molar-refractivity contribution in [3.05, 3.63) is 0 Å². The molecule has 0 unspecified atom stereocenters. The average molecular weight is 362 g/mol. The van der Waals surface area contributed by atoms with Gasteiger partial charge in [0, 0.05) is 19.0 Å². The number of carboxylic acids is 1. The number of halogens is 3. The highest BCUT2D eigenvalue weighted by Gasteiger charge is 2.50. The van der Waals surface area contributed by atoms with E-state index in [2.05, 4.69) is 0 Å². The van der Waals surface area contributed by atoms with E-state index in [0.29, 0.717) is 17.7 Å². The van der Waals surface area contributed by atoms with Gasteiger partial charge in [-0.3, -0.25) is 9.59 Å². The van der Waals surface area contributed by atoms with E-state index in [1.165, 1.54) is 4.90 Å². The van der Waals surface area contributed by atoms with Gasteiger partial charge < -0.3 is 14.9 Å². The molecule has 140 valence electrons. The maximum Gasteiger partial charge on any atom is 0.406 e. The first-order valence-electron chi connectivity index (χ1n) is 8.57. The molecule has 1 aliphatic carbocycles. The van der Waals surface area contributed by atoms with E-state index in [-0.39, 0.29) is 24.9 Å². The Morgan fingerprint density at radius 1 is 1.20 bits per heavy atom. The summed E-state index contributed by atoms with van der Waals surface area (Å²) >= 11 is 0. The van der Waals surface area contributed by atoms with E-state index < -0.39 is 42.5 Å².